The van der Waals surface area contributed by atoms with Crippen LogP contribution in [0.1, 0.15) is 24.1 Å². The Kier molecular flexibility index (Phi) is 6.44. The van der Waals surface area contributed by atoms with E-state index in [-0.39, 0.29) is 5.91 Å². The van der Waals surface area contributed by atoms with Crippen LogP contribution in [0.25, 0.3) is 0 Å². The molecule has 7 nitrogen and oxygen atoms in total. The molecule has 9 heteroatoms. The molecule has 35 heavy (non-hydrogen) atoms. The van der Waals surface area contributed by atoms with Gasteiger partial charge in [-0.1, -0.05) is 59.6 Å². The highest BCUT2D eigenvalue weighted by atomic mass is 35.5. The Labute approximate surface area is 212 Å². The molecule has 0 saturated carbocycles. The first-order valence-corrected chi connectivity index (χ1v) is 11.7. The number of anilines is 2. The Morgan fingerprint density at radius 3 is 2.69 bits per heavy atom. The molecule has 0 saturated heterocycles. The standard InChI is InChI=1S/C26H21Cl2N5O2/c1-16-23(25(34)32-19-7-3-2-4-8-19)24(33-26(31-16)29-15-30-33)18-6-5-9-20(13-18)35-14-17-10-11-21(27)22(28)12-17/h2-13,15,24H,14H2,1H3,(H,32,34)(H,29,30,31)/t24-/m0/s1. The number of allylic oxidation sites excluding steroid dienone is 1. The van der Waals surface area contributed by atoms with Gasteiger partial charge in [-0.3, -0.25) is 4.79 Å². The lowest BCUT2D eigenvalue weighted by Crippen LogP contribution is -2.31. The Balaban J connectivity index is 1.45. The van der Waals surface area contributed by atoms with Crippen LogP contribution in [0.4, 0.5) is 11.6 Å². The Bertz CT molecular complexity index is 1420. The minimum Gasteiger partial charge on any atom is -0.489 e. The summed E-state index contributed by atoms with van der Waals surface area (Å²) in [5, 5.41) is 11.5. The number of carbonyl (C=O) groups is 1. The summed E-state index contributed by atoms with van der Waals surface area (Å²) < 4.78 is 7.73. The highest BCUT2D eigenvalue weighted by molar-refractivity contribution is 6.42. The first-order valence-electron chi connectivity index (χ1n) is 10.9. The molecule has 0 bridgehead atoms. The van der Waals surface area contributed by atoms with Crippen molar-refractivity contribution < 1.29 is 9.53 Å². The molecule has 0 spiro atoms. The van der Waals surface area contributed by atoms with E-state index >= 15 is 0 Å². The highest BCUT2D eigenvalue weighted by Gasteiger charge is 2.33. The van der Waals surface area contributed by atoms with E-state index < -0.39 is 6.04 Å². The topological polar surface area (TPSA) is 81.1 Å². The van der Waals surface area contributed by atoms with E-state index in [0.29, 0.717) is 45.3 Å². The number of rotatable bonds is 6. The predicted molar refractivity (Wildman–Crippen MR) is 137 cm³/mol. The number of nitrogens with zero attached hydrogens (tertiary/aromatic N) is 3. The molecule has 0 fully saturated rings. The van der Waals surface area contributed by atoms with Gasteiger partial charge in [0.05, 0.1) is 15.6 Å². The van der Waals surface area contributed by atoms with Crippen LogP contribution in [0.2, 0.25) is 10.0 Å². The Morgan fingerprint density at radius 1 is 1.06 bits per heavy atom. The minimum atomic E-state index is -0.494. The largest absolute Gasteiger partial charge is 0.489 e. The fourth-order valence-electron chi connectivity index (χ4n) is 3.98. The quantitative estimate of drug-likeness (QED) is 0.331. The van der Waals surface area contributed by atoms with Gasteiger partial charge >= 0.3 is 0 Å². The zero-order chi connectivity index (χ0) is 24.4. The number of ether oxygens (including phenoxy) is 1. The van der Waals surface area contributed by atoms with Gasteiger partial charge < -0.3 is 15.4 Å². The molecule has 176 valence electrons. The molecular formula is C26H21Cl2N5O2. The molecule has 1 aromatic heterocycles. The van der Waals surface area contributed by atoms with Gasteiger partial charge in [-0.05, 0) is 54.4 Å². The summed E-state index contributed by atoms with van der Waals surface area (Å²) in [5.41, 5.74) is 3.67. The van der Waals surface area contributed by atoms with Gasteiger partial charge in [-0.2, -0.15) is 10.1 Å². The van der Waals surface area contributed by atoms with Crippen LogP contribution in [0, 0.1) is 0 Å². The van der Waals surface area contributed by atoms with Crippen molar-refractivity contribution in [1.82, 2.24) is 14.8 Å². The molecule has 2 heterocycles. The van der Waals surface area contributed by atoms with Crippen LogP contribution in [0.5, 0.6) is 5.75 Å². The second-order valence-corrected chi connectivity index (χ2v) is 8.84. The molecule has 0 unspecified atom stereocenters. The van der Waals surface area contributed by atoms with Crippen molar-refractivity contribution in [1.29, 1.82) is 0 Å². The lowest BCUT2D eigenvalue weighted by atomic mass is 9.95. The van der Waals surface area contributed by atoms with E-state index in [1.165, 1.54) is 6.33 Å². The molecule has 5 rings (SSSR count). The fraction of sp³-hybridized carbons (Fsp3) is 0.115. The zero-order valence-corrected chi connectivity index (χ0v) is 20.2. The van der Waals surface area contributed by atoms with Crippen molar-refractivity contribution in [3.63, 3.8) is 0 Å². The molecule has 4 aromatic rings. The van der Waals surface area contributed by atoms with Crippen LogP contribution in [-0.2, 0) is 11.4 Å². The molecule has 1 aliphatic heterocycles. The van der Waals surface area contributed by atoms with Crippen LogP contribution in [0.15, 0.2) is 90.4 Å². The molecule has 1 aliphatic rings. The smallest absolute Gasteiger partial charge is 0.255 e. The normalized spacial score (nSPS) is 14.8. The number of hydrogen-bond donors (Lipinski definition) is 2. The van der Waals surface area contributed by atoms with Crippen molar-refractivity contribution in [3.05, 3.63) is 112 Å². The van der Waals surface area contributed by atoms with Gasteiger partial charge in [0.25, 0.3) is 5.91 Å². The van der Waals surface area contributed by atoms with Crippen molar-refractivity contribution >= 4 is 40.7 Å². The first kappa shape index (κ1) is 23.0. The second kappa shape index (κ2) is 9.82. The summed E-state index contributed by atoms with van der Waals surface area (Å²) in [6.45, 7) is 2.17. The van der Waals surface area contributed by atoms with E-state index in [1.54, 1.807) is 16.8 Å². The second-order valence-electron chi connectivity index (χ2n) is 8.02. The molecular weight excluding hydrogens is 485 g/mol. The number of aromatic nitrogens is 3. The van der Waals surface area contributed by atoms with Crippen LogP contribution in [-0.4, -0.2) is 20.7 Å². The van der Waals surface area contributed by atoms with Gasteiger partial charge in [0, 0.05) is 11.4 Å². The van der Waals surface area contributed by atoms with E-state index in [0.717, 1.165) is 11.1 Å². The summed E-state index contributed by atoms with van der Waals surface area (Å²) >= 11 is 12.1. The lowest BCUT2D eigenvalue weighted by Gasteiger charge is -2.29. The molecule has 1 atom stereocenters. The van der Waals surface area contributed by atoms with Crippen molar-refractivity contribution in [3.8, 4) is 5.75 Å². The number of carbonyl (C=O) groups excluding carboxylic acids is 1. The molecule has 2 N–H and O–H groups in total. The number of hydrogen-bond acceptors (Lipinski definition) is 5. The summed E-state index contributed by atoms with van der Waals surface area (Å²) in [4.78, 5) is 17.7. The summed E-state index contributed by atoms with van der Waals surface area (Å²) in [6, 6.07) is 21.8. The minimum absolute atomic E-state index is 0.227. The van der Waals surface area contributed by atoms with Crippen LogP contribution < -0.4 is 15.4 Å². The summed E-state index contributed by atoms with van der Waals surface area (Å²) in [5.74, 6) is 0.981. The van der Waals surface area contributed by atoms with E-state index in [1.807, 2.05) is 67.6 Å². The van der Waals surface area contributed by atoms with Crippen LogP contribution in [0.3, 0.4) is 0 Å². The van der Waals surface area contributed by atoms with Gasteiger partial charge in [0.2, 0.25) is 5.95 Å². The number of halogens is 2. The summed E-state index contributed by atoms with van der Waals surface area (Å²) in [6.07, 6.45) is 1.46. The van der Waals surface area contributed by atoms with Gasteiger partial charge in [-0.25, -0.2) is 4.68 Å². The van der Waals surface area contributed by atoms with Crippen molar-refractivity contribution in [2.75, 3.05) is 10.6 Å². The highest BCUT2D eigenvalue weighted by Crippen LogP contribution is 2.36. The third-order valence-corrected chi connectivity index (χ3v) is 6.37. The predicted octanol–water partition coefficient (Wildman–Crippen LogP) is 6.09. The Hall–Kier alpha value is -3.81. The number of benzene rings is 3. The van der Waals surface area contributed by atoms with Gasteiger partial charge in [0.1, 0.15) is 24.7 Å². The fourth-order valence-corrected chi connectivity index (χ4v) is 4.30. The van der Waals surface area contributed by atoms with E-state index in [2.05, 4.69) is 20.7 Å². The van der Waals surface area contributed by atoms with Crippen molar-refractivity contribution in [2.45, 2.75) is 19.6 Å². The molecule has 1 amide bonds. The molecule has 0 aliphatic carbocycles. The number of para-hydroxylation sites is 1. The zero-order valence-electron chi connectivity index (χ0n) is 18.7. The third kappa shape index (κ3) is 4.87. The average Bonchev–Trinajstić information content (AvgIpc) is 3.32. The lowest BCUT2D eigenvalue weighted by molar-refractivity contribution is -0.113. The van der Waals surface area contributed by atoms with Crippen molar-refractivity contribution in [2.24, 2.45) is 0 Å². The maximum absolute atomic E-state index is 13.4. The first-order chi connectivity index (χ1) is 17.0. The van der Waals surface area contributed by atoms with Gasteiger partial charge in [0.15, 0.2) is 0 Å². The number of fused-ring (bicyclic) bond motifs is 1. The number of nitrogens with one attached hydrogen (secondary N) is 2. The van der Waals surface area contributed by atoms with Gasteiger partial charge in [-0.15, -0.1) is 0 Å². The van der Waals surface area contributed by atoms with Crippen LogP contribution >= 0.6 is 23.2 Å². The SMILES string of the molecule is CC1=C(C(=O)Nc2ccccc2)[C@H](c2cccc(OCc3ccc(Cl)c(Cl)c3)c2)n2ncnc2N1. The molecule has 3 aromatic carbocycles. The summed E-state index contributed by atoms with van der Waals surface area (Å²) in [7, 11) is 0. The average molecular weight is 506 g/mol. The van der Waals surface area contributed by atoms with E-state index in [4.69, 9.17) is 27.9 Å². The third-order valence-electron chi connectivity index (χ3n) is 5.63. The van der Waals surface area contributed by atoms with E-state index in [9.17, 15) is 4.79 Å². The number of amides is 1. The monoisotopic (exact) mass is 505 g/mol. The maximum Gasteiger partial charge on any atom is 0.255 e. The Morgan fingerprint density at radius 2 is 1.89 bits per heavy atom. The molecule has 0 radical (unpaired) electrons. The maximum atomic E-state index is 13.4.